The number of carbonyl (C=O) groups excluding carboxylic acids is 3. The first-order valence-electron chi connectivity index (χ1n) is 10.0. The number of ether oxygens (including phenoxy) is 1. The molecule has 1 unspecified atom stereocenters. The largest absolute Gasteiger partial charge is 0.444 e. The molecule has 3 amide bonds. The molecule has 0 radical (unpaired) electrons. The van der Waals surface area contributed by atoms with Crippen molar-refractivity contribution in [2.24, 2.45) is 0 Å². The SMILES string of the molecule is Cc1c(N2CCN(C(=O)OC(C)(C)C)CC2)cc(F)c(C2CCC(=O)NC2=O)c1F.O.O.[Pd]. The van der Waals surface area contributed by atoms with Gasteiger partial charge < -0.3 is 25.5 Å². The molecular weight excluding hydrogens is 535 g/mol. The molecule has 0 bridgehead atoms. The Morgan fingerprint density at radius 3 is 2.21 bits per heavy atom. The van der Waals surface area contributed by atoms with Crippen LogP contribution in [0.2, 0.25) is 0 Å². The molecule has 9 nitrogen and oxygen atoms in total. The summed E-state index contributed by atoms with van der Waals surface area (Å²) in [6.07, 6.45) is -0.293. The number of nitrogens with one attached hydrogen (secondary N) is 1. The predicted octanol–water partition coefficient (Wildman–Crippen LogP) is 1.20. The van der Waals surface area contributed by atoms with E-state index in [9.17, 15) is 18.8 Å². The van der Waals surface area contributed by atoms with Crippen molar-refractivity contribution in [2.45, 2.75) is 52.1 Å². The van der Waals surface area contributed by atoms with Crippen molar-refractivity contribution in [3.63, 3.8) is 0 Å². The number of hydrogen-bond acceptors (Lipinski definition) is 5. The van der Waals surface area contributed by atoms with E-state index in [1.54, 1.807) is 32.6 Å². The van der Waals surface area contributed by atoms with E-state index in [0.717, 1.165) is 0 Å². The summed E-state index contributed by atoms with van der Waals surface area (Å²) in [4.78, 5) is 39.0. The number of piperidine rings is 1. The van der Waals surface area contributed by atoms with E-state index < -0.39 is 41.1 Å². The Bertz CT molecular complexity index is 886. The molecule has 2 saturated heterocycles. The first-order valence-corrected chi connectivity index (χ1v) is 10.0. The maximum atomic E-state index is 15.1. The minimum absolute atomic E-state index is 0. The first-order chi connectivity index (χ1) is 14.0. The molecule has 1 atom stereocenters. The molecule has 5 N–H and O–H groups in total. The van der Waals surface area contributed by atoms with Crippen molar-refractivity contribution in [2.75, 3.05) is 31.1 Å². The van der Waals surface area contributed by atoms with Gasteiger partial charge in [-0.2, -0.15) is 0 Å². The Morgan fingerprint density at radius 1 is 1.12 bits per heavy atom. The van der Waals surface area contributed by atoms with Gasteiger partial charge in [0.15, 0.2) is 0 Å². The number of carbonyl (C=O) groups is 3. The number of benzene rings is 1. The molecule has 2 aliphatic rings. The van der Waals surface area contributed by atoms with Crippen LogP contribution in [-0.2, 0) is 34.7 Å². The fraction of sp³-hybridized carbons (Fsp3) is 0.571. The molecule has 2 aliphatic heterocycles. The molecule has 3 rings (SSSR count). The van der Waals surface area contributed by atoms with Gasteiger partial charge in [0.25, 0.3) is 0 Å². The number of piperazine rings is 1. The molecule has 0 spiro atoms. The number of anilines is 1. The van der Waals surface area contributed by atoms with Crippen LogP contribution in [0.1, 0.15) is 50.7 Å². The van der Waals surface area contributed by atoms with Crippen LogP contribution in [-0.4, -0.2) is 65.5 Å². The van der Waals surface area contributed by atoms with Crippen LogP contribution in [0.4, 0.5) is 19.3 Å². The monoisotopic (exact) mass is 565 g/mol. The standard InChI is InChI=1S/C21H27F2N3O4.2H2O.Pd/c1-12-15(25-7-9-26(10-8-25)20(29)30-21(2,3)4)11-14(22)17(18(12)23)13-5-6-16(27)24-19(13)28;;;/h11,13H,5-10H2,1-4H3,(H,24,27,28);2*1H2;. The molecule has 12 heteroatoms. The van der Waals surface area contributed by atoms with Crippen LogP contribution < -0.4 is 10.2 Å². The second-order valence-electron chi connectivity index (χ2n) is 8.69. The van der Waals surface area contributed by atoms with Crippen molar-refractivity contribution in [1.29, 1.82) is 0 Å². The summed E-state index contributed by atoms with van der Waals surface area (Å²) in [6, 6.07) is 1.24. The number of imide groups is 1. The van der Waals surface area contributed by atoms with Gasteiger partial charge in [-0.05, 0) is 40.2 Å². The molecular formula is C21H31F2N3O6Pd. The third-order valence-electron chi connectivity index (χ3n) is 5.33. The zero-order chi connectivity index (χ0) is 22.2. The molecule has 0 saturated carbocycles. The first kappa shape index (κ1) is 30.9. The van der Waals surface area contributed by atoms with Crippen molar-refractivity contribution in [3.8, 4) is 0 Å². The summed E-state index contributed by atoms with van der Waals surface area (Å²) in [7, 11) is 0. The van der Waals surface area contributed by atoms with Crippen LogP contribution in [0, 0.1) is 18.6 Å². The van der Waals surface area contributed by atoms with E-state index in [-0.39, 0.29) is 55.3 Å². The molecule has 33 heavy (non-hydrogen) atoms. The molecule has 0 aromatic heterocycles. The van der Waals surface area contributed by atoms with E-state index >= 15 is 4.39 Å². The Labute approximate surface area is 205 Å². The minimum atomic E-state index is -1.03. The molecule has 1 aromatic carbocycles. The van der Waals surface area contributed by atoms with Crippen LogP contribution in [0.3, 0.4) is 0 Å². The summed E-state index contributed by atoms with van der Waals surface area (Å²) >= 11 is 0. The third kappa shape index (κ3) is 6.93. The zero-order valence-corrected chi connectivity index (χ0v) is 20.6. The average Bonchev–Trinajstić information content (AvgIpc) is 2.65. The summed E-state index contributed by atoms with van der Waals surface area (Å²) in [5, 5.41) is 2.14. The van der Waals surface area contributed by atoms with Gasteiger partial charge in [-0.25, -0.2) is 13.6 Å². The maximum absolute atomic E-state index is 15.1. The van der Waals surface area contributed by atoms with Crippen molar-refractivity contribution < 1.29 is 59.3 Å². The molecule has 0 aliphatic carbocycles. The van der Waals surface area contributed by atoms with E-state index in [1.165, 1.54) is 6.07 Å². The normalized spacial score (nSPS) is 18.4. The predicted molar refractivity (Wildman–Crippen MR) is 113 cm³/mol. The van der Waals surface area contributed by atoms with E-state index in [1.807, 2.05) is 4.90 Å². The van der Waals surface area contributed by atoms with Crippen LogP contribution >= 0.6 is 0 Å². The molecule has 2 heterocycles. The Hall–Kier alpha value is -2.13. The summed E-state index contributed by atoms with van der Waals surface area (Å²) < 4.78 is 35.4. The number of amides is 3. The fourth-order valence-electron chi connectivity index (χ4n) is 3.80. The van der Waals surface area contributed by atoms with Gasteiger partial charge in [-0.15, -0.1) is 0 Å². The molecule has 190 valence electrons. The average molecular weight is 566 g/mol. The topological polar surface area (TPSA) is 142 Å². The minimum Gasteiger partial charge on any atom is -0.444 e. The number of nitrogens with zero attached hydrogens (tertiary/aromatic N) is 2. The number of rotatable bonds is 2. The fourth-order valence-corrected chi connectivity index (χ4v) is 3.80. The van der Waals surface area contributed by atoms with Gasteiger partial charge in [0.05, 0.1) is 5.92 Å². The van der Waals surface area contributed by atoms with Gasteiger partial charge in [-0.1, -0.05) is 0 Å². The zero-order valence-electron chi connectivity index (χ0n) is 19.0. The smallest absolute Gasteiger partial charge is 0.410 e. The Balaban J connectivity index is 0.00000341. The number of halogens is 2. The number of hydrogen-bond donors (Lipinski definition) is 1. The molecule has 2 fully saturated rings. The summed E-state index contributed by atoms with van der Waals surface area (Å²) in [5.41, 5.74) is -0.261. The van der Waals surface area contributed by atoms with Crippen LogP contribution in [0.5, 0.6) is 0 Å². The Morgan fingerprint density at radius 2 is 1.70 bits per heavy atom. The van der Waals surface area contributed by atoms with E-state index in [2.05, 4.69) is 5.32 Å². The quantitative estimate of drug-likeness (QED) is 0.423. The van der Waals surface area contributed by atoms with Gasteiger partial charge in [0, 0.05) is 69.8 Å². The van der Waals surface area contributed by atoms with Crippen molar-refractivity contribution in [1.82, 2.24) is 10.2 Å². The molecule has 1 aromatic rings. The summed E-state index contributed by atoms with van der Waals surface area (Å²) in [5.74, 6) is -3.72. The van der Waals surface area contributed by atoms with Crippen LogP contribution in [0.15, 0.2) is 6.07 Å². The maximum Gasteiger partial charge on any atom is 0.410 e. The van der Waals surface area contributed by atoms with Gasteiger partial charge >= 0.3 is 6.09 Å². The second-order valence-corrected chi connectivity index (χ2v) is 8.69. The summed E-state index contributed by atoms with van der Waals surface area (Å²) in [6.45, 7) is 8.45. The van der Waals surface area contributed by atoms with Gasteiger partial charge in [0.1, 0.15) is 17.2 Å². The second kappa shape index (κ2) is 11.8. The van der Waals surface area contributed by atoms with E-state index in [0.29, 0.717) is 31.9 Å². The van der Waals surface area contributed by atoms with Gasteiger partial charge in [-0.3, -0.25) is 14.9 Å². The van der Waals surface area contributed by atoms with Gasteiger partial charge in [0.2, 0.25) is 11.8 Å². The Kier molecular flexibility index (Phi) is 11.1. The van der Waals surface area contributed by atoms with E-state index in [4.69, 9.17) is 4.74 Å². The van der Waals surface area contributed by atoms with Crippen molar-refractivity contribution >= 4 is 23.6 Å². The van der Waals surface area contributed by atoms with Crippen LogP contribution in [0.25, 0.3) is 0 Å². The van der Waals surface area contributed by atoms with Crippen molar-refractivity contribution in [3.05, 3.63) is 28.8 Å². The third-order valence-corrected chi connectivity index (χ3v) is 5.33.